The van der Waals surface area contributed by atoms with Gasteiger partial charge < -0.3 is 15.0 Å². The maximum absolute atomic E-state index is 11.7. The standard InChI is InChI=1S/C13H23N3O3/c1-2-19-13(18)16-7-5-15(6-8-16)10-12(17)14-9-11-3-4-11/h11H,2-10H2,1H3,(H,14,17). The van der Waals surface area contributed by atoms with Gasteiger partial charge in [-0.1, -0.05) is 0 Å². The zero-order valence-electron chi connectivity index (χ0n) is 11.6. The van der Waals surface area contributed by atoms with Gasteiger partial charge in [-0.25, -0.2) is 4.79 Å². The van der Waals surface area contributed by atoms with Crippen molar-refractivity contribution in [2.24, 2.45) is 5.92 Å². The van der Waals surface area contributed by atoms with Crippen LogP contribution in [0.2, 0.25) is 0 Å². The van der Waals surface area contributed by atoms with E-state index in [0.717, 1.165) is 19.6 Å². The molecule has 6 nitrogen and oxygen atoms in total. The Hall–Kier alpha value is -1.30. The number of amides is 2. The van der Waals surface area contributed by atoms with Crippen LogP contribution in [-0.4, -0.2) is 67.7 Å². The molecule has 6 heteroatoms. The largest absolute Gasteiger partial charge is 0.450 e. The third-order valence-corrected chi connectivity index (χ3v) is 3.55. The van der Waals surface area contributed by atoms with Gasteiger partial charge in [0.05, 0.1) is 13.2 Å². The number of carbonyl (C=O) groups is 2. The molecule has 1 heterocycles. The quantitative estimate of drug-likeness (QED) is 0.779. The number of ether oxygens (including phenoxy) is 1. The third-order valence-electron chi connectivity index (χ3n) is 3.55. The second-order valence-electron chi connectivity index (χ2n) is 5.21. The van der Waals surface area contributed by atoms with E-state index in [1.54, 1.807) is 11.8 Å². The lowest BCUT2D eigenvalue weighted by Gasteiger charge is -2.33. The zero-order chi connectivity index (χ0) is 13.7. The van der Waals surface area contributed by atoms with Crippen molar-refractivity contribution in [2.75, 3.05) is 45.9 Å². The van der Waals surface area contributed by atoms with Crippen molar-refractivity contribution in [1.29, 1.82) is 0 Å². The van der Waals surface area contributed by atoms with Crippen LogP contribution < -0.4 is 5.32 Å². The lowest BCUT2D eigenvalue weighted by atomic mass is 10.3. The highest BCUT2D eigenvalue weighted by molar-refractivity contribution is 5.78. The van der Waals surface area contributed by atoms with Gasteiger partial charge in [-0.3, -0.25) is 9.69 Å². The Morgan fingerprint density at radius 2 is 1.89 bits per heavy atom. The van der Waals surface area contributed by atoms with Crippen LogP contribution in [0.5, 0.6) is 0 Å². The summed E-state index contributed by atoms with van der Waals surface area (Å²) in [5.74, 6) is 0.807. The van der Waals surface area contributed by atoms with Gasteiger partial charge in [-0.2, -0.15) is 0 Å². The van der Waals surface area contributed by atoms with E-state index in [0.29, 0.717) is 32.2 Å². The highest BCUT2D eigenvalue weighted by atomic mass is 16.6. The minimum atomic E-state index is -0.250. The molecule has 0 unspecified atom stereocenters. The molecule has 0 atom stereocenters. The summed E-state index contributed by atoms with van der Waals surface area (Å²) in [6, 6.07) is 0. The van der Waals surface area contributed by atoms with Crippen LogP contribution >= 0.6 is 0 Å². The molecule has 2 amide bonds. The van der Waals surface area contributed by atoms with Gasteiger partial charge in [0, 0.05) is 32.7 Å². The molecule has 0 aromatic rings. The van der Waals surface area contributed by atoms with E-state index in [4.69, 9.17) is 4.74 Å². The Bertz CT molecular complexity index is 323. The molecule has 0 aromatic heterocycles. The molecule has 19 heavy (non-hydrogen) atoms. The number of hydrogen-bond donors (Lipinski definition) is 1. The van der Waals surface area contributed by atoms with Crippen LogP contribution in [-0.2, 0) is 9.53 Å². The molecule has 108 valence electrons. The first-order valence-electron chi connectivity index (χ1n) is 7.09. The Balaban J connectivity index is 1.62. The summed E-state index contributed by atoms with van der Waals surface area (Å²) in [5, 5.41) is 2.96. The van der Waals surface area contributed by atoms with Crippen molar-refractivity contribution in [1.82, 2.24) is 15.1 Å². The Kier molecular flexibility index (Phi) is 5.01. The fourth-order valence-corrected chi connectivity index (χ4v) is 2.14. The maximum atomic E-state index is 11.7. The Morgan fingerprint density at radius 1 is 1.21 bits per heavy atom. The molecule has 1 saturated heterocycles. The van der Waals surface area contributed by atoms with Crippen LogP contribution in [0.15, 0.2) is 0 Å². The van der Waals surface area contributed by atoms with E-state index in [9.17, 15) is 9.59 Å². The second kappa shape index (κ2) is 6.75. The average molecular weight is 269 g/mol. The van der Waals surface area contributed by atoms with E-state index in [2.05, 4.69) is 10.2 Å². The molecule has 2 rings (SSSR count). The van der Waals surface area contributed by atoms with E-state index < -0.39 is 0 Å². The van der Waals surface area contributed by atoms with Crippen molar-refractivity contribution < 1.29 is 14.3 Å². The normalized spacial score (nSPS) is 20.2. The van der Waals surface area contributed by atoms with Gasteiger partial charge >= 0.3 is 6.09 Å². The molecule has 0 bridgehead atoms. The van der Waals surface area contributed by atoms with Gasteiger partial charge in [-0.05, 0) is 25.7 Å². The fraction of sp³-hybridized carbons (Fsp3) is 0.846. The summed E-state index contributed by atoms with van der Waals surface area (Å²) in [4.78, 5) is 27.0. The van der Waals surface area contributed by atoms with Crippen molar-refractivity contribution >= 4 is 12.0 Å². The second-order valence-corrected chi connectivity index (χ2v) is 5.21. The topological polar surface area (TPSA) is 61.9 Å². The molecule has 2 aliphatic rings. The fourth-order valence-electron chi connectivity index (χ4n) is 2.14. The monoisotopic (exact) mass is 269 g/mol. The summed E-state index contributed by atoms with van der Waals surface area (Å²) in [6.45, 7) is 6.20. The van der Waals surface area contributed by atoms with E-state index in [1.165, 1.54) is 12.8 Å². The molecule has 1 aliphatic carbocycles. The first-order valence-corrected chi connectivity index (χ1v) is 7.09. The summed E-state index contributed by atoms with van der Waals surface area (Å²) < 4.78 is 4.96. The third kappa shape index (κ3) is 4.70. The summed E-state index contributed by atoms with van der Waals surface area (Å²) >= 11 is 0. The zero-order valence-corrected chi connectivity index (χ0v) is 11.6. The van der Waals surface area contributed by atoms with E-state index in [-0.39, 0.29) is 12.0 Å². The molecular formula is C13H23N3O3. The first kappa shape index (κ1) is 14.1. The summed E-state index contributed by atoms with van der Waals surface area (Å²) in [6.07, 6.45) is 2.25. The highest BCUT2D eigenvalue weighted by Crippen LogP contribution is 2.27. The van der Waals surface area contributed by atoms with Crippen molar-refractivity contribution in [2.45, 2.75) is 19.8 Å². The van der Waals surface area contributed by atoms with Crippen LogP contribution in [0.4, 0.5) is 4.79 Å². The number of carbonyl (C=O) groups excluding carboxylic acids is 2. The SMILES string of the molecule is CCOC(=O)N1CCN(CC(=O)NCC2CC2)CC1. The number of nitrogens with one attached hydrogen (secondary N) is 1. The molecule has 0 radical (unpaired) electrons. The highest BCUT2D eigenvalue weighted by Gasteiger charge is 2.24. The number of piperazine rings is 1. The predicted octanol–water partition coefficient (Wildman–Crippen LogP) is 0.287. The van der Waals surface area contributed by atoms with Crippen molar-refractivity contribution in [3.63, 3.8) is 0 Å². The number of nitrogens with zero attached hydrogens (tertiary/aromatic N) is 2. The predicted molar refractivity (Wildman–Crippen MR) is 70.8 cm³/mol. The van der Waals surface area contributed by atoms with Crippen LogP contribution in [0.25, 0.3) is 0 Å². The Morgan fingerprint density at radius 3 is 2.47 bits per heavy atom. The Labute approximate surface area is 114 Å². The molecule has 0 spiro atoms. The van der Waals surface area contributed by atoms with Crippen LogP contribution in [0, 0.1) is 5.92 Å². The van der Waals surface area contributed by atoms with Crippen molar-refractivity contribution in [3.8, 4) is 0 Å². The van der Waals surface area contributed by atoms with Crippen molar-refractivity contribution in [3.05, 3.63) is 0 Å². The van der Waals surface area contributed by atoms with Crippen LogP contribution in [0.3, 0.4) is 0 Å². The van der Waals surface area contributed by atoms with Gasteiger partial charge in [0.15, 0.2) is 0 Å². The molecule has 1 saturated carbocycles. The molecule has 1 N–H and O–H groups in total. The van der Waals surface area contributed by atoms with E-state index in [1.807, 2.05) is 0 Å². The van der Waals surface area contributed by atoms with Gasteiger partial charge in [0.2, 0.25) is 5.91 Å². The number of hydrogen-bond acceptors (Lipinski definition) is 4. The molecule has 1 aliphatic heterocycles. The molecular weight excluding hydrogens is 246 g/mol. The lowest BCUT2D eigenvalue weighted by molar-refractivity contribution is -0.122. The first-order chi connectivity index (χ1) is 9.19. The number of rotatable bonds is 5. The molecule has 0 aromatic carbocycles. The maximum Gasteiger partial charge on any atom is 0.409 e. The van der Waals surface area contributed by atoms with Crippen LogP contribution in [0.1, 0.15) is 19.8 Å². The summed E-state index contributed by atoms with van der Waals surface area (Å²) in [5.41, 5.74) is 0. The minimum absolute atomic E-state index is 0.0940. The summed E-state index contributed by atoms with van der Waals surface area (Å²) in [7, 11) is 0. The molecule has 2 fully saturated rings. The van der Waals surface area contributed by atoms with E-state index >= 15 is 0 Å². The average Bonchev–Trinajstić information content (AvgIpc) is 3.21. The smallest absolute Gasteiger partial charge is 0.409 e. The van der Waals surface area contributed by atoms with Gasteiger partial charge in [0.25, 0.3) is 0 Å². The minimum Gasteiger partial charge on any atom is -0.450 e. The van der Waals surface area contributed by atoms with Gasteiger partial charge in [0.1, 0.15) is 0 Å². The lowest BCUT2D eigenvalue weighted by Crippen LogP contribution is -2.51. The van der Waals surface area contributed by atoms with Gasteiger partial charge in [-0.15, -0.1) is 0 Å².